The van der Waals surface area contributed by atoms with Crippen LogP contribution in [-0.2, 0) is 10.0 Å². The van der Waals surface area contributed by atoms with Crippen molar-refractivity contribution in [2.24, 2.45) is 0 Å². The highest BCUT2D eigenvalue weighted by Gasteiger charge is 2.18. The average Bonchev–Trinajstić information content (AvgIpc) is 3.20. The third kappa shape index (κ3) is 5.88. The summed E-state index contributed by atoms with van der Waals surface area (Å²) in [6, 6.07) is 15.1. The van der Waals surface area contributed by atoms with Crippen molar-refractivity contribution < 1.29 is 22.7 Å². The average molecular weight is 500 g/mol. The molecule has 0 fully saturated rings. The Kier molecular flexibility index (Phi) is 7.20. The second kappa shape index (κ2) is 10.3. The van der Waals surface area contributed by atoms with E-state index in [9.17, 15) is 17.9 Å². The van der Waals surface area contributed by atoms with Gasteiger partial charge in [-0.2, -0.15) is 5.10 Å². The number of aliphatic hydroxyl groups excluding tert-OH is 1. The first-order chi connectivity index (χ1) is 16.7. The van der Waals surface area contributed by atoms with Crippen molar-refractivity contribution in [1.29, 1.82) is 0 Å². The Labute approximate surface area is 202 Å². The molecule has 3 aromatic carbocycles. The minimum Gasteiger partial charge on any atom is -0.492 e. The minimum atomic E-state index is -4.05. The molecule has 1 aromatic heterocycles. The Morgan fingerprint density at radius 2 is 2.00 bits per heavy atom. The van der Waals surface area contributed by atoms with Gasteiger partial charge in [0.25, 0.3) is 10.0 Å². The van der Waals surface area contributed by atoms with E-state index in [1.54, 1.807) is 6.07 Å². The number of H-pyrrole nitrogens is 1. The number of sulfonamides is 1. The molecule has 0 radical (unpaired) electrons. The van der Waals surface area contributed by atoms with Gasteiger partial charge in [-0.25, -0.2) is 12.8 Å². The van der Waals surface area contributed by atoms with Crippen LogP contribution in [0.25, 0.3) is 10.9 Å². The molecule has 4 aromatic rings. The van der Waals surface area contributed by atoms with Crippen LogP contribution >= 0.6 is 0 Å². The van der Waals surface area contributed by atoms with Gasteiger partial charge in [0.2, 0.25) is 0 Å². The molecule has 11 heteroatoms. The third-order valence-electron chi connectivity index (χ3n) is 5.40. The number of aryl methyl sites for hydroxylation is 1. The highest BCUT2D eigenvalue weighted by atomic mass is 32.2. The van der Waals surface area contributed by atoms with Crippen molar-refractivity contribution >= 4 is 32.3 Å². The molecular formula is C24H26FN5O4S. The molecule has 0 saturated heterocycles. The summed E-state index contributed by atoms with van der Waals surface area (Å²) in [6.45, 7) is 2.90. The van der Waals surface area contributed by atoms with Crippen LogP contribution in [0, 0.1) is 12.7 Å². The topological polar surface area (TPSA) is 142 Å². The summed E-state index contributed by atoms with van der Waals surface area (Å²) in [7, 11) is -4.05. The number of aromatic amines is 1. The Bertz CT molecular complexity index is 1440. The molecule has 0 aliphatic carbocycles. The van der Waals surface area contributed by atoms with Gasteiger partial charge in [-0.1, -0.05) is 12.1 Å². The number of hydrogen-bond acceptors (Lipinski definition) is 7. The van der Waals surface area contributed by atoms with Gasteiger partial charge in [-0.05, 0) is 55.0 Å². The zero-order valence-corrected chi connectivity index (χ0v) is 19.8. The predicted octanol–water partition coefficient (Wildman–Crippen LogP) is 3.10. The van der Waals surface area contributed by atoms with E-state index < -0.39 is 21.9 Å². The van der Waals surface area contributed by atoms with E-state index in [4.69, 9.17) is 10.5 Å². The van der Waals surface area contributed by atoms with Crippen molar-refractivity contribution in [1.82, 2.24) is 15.5 Å². The lowest BCUT2D eigenvalue weighted by atomic mass is 10.1. The van der Waals surface area contributed by atoms with E-state index in [0.717, 1.165) is 22.7 Å². The molecule has 1 heterocycles. The Morgan fingerprint density at radius 1 is 1.17 bits per heavy atom. The van der Waals surface area contributed by atoms with Crippen LogP contribution in [0.4, 0.5) is 15.8 Å². The van der Waals surface area contributed by atoms with E-state index >= 15 is 0 Å². The summed E-state index contributed by atoms with van der Waals surface area (Å²) in [5.41, 5.74) is 7.81. The Hall–Kier alpha value is -3.67. The van der Waals surface area contributed by atoms with Crippen molar-refractivity contribution in [3.8, 4) is 5.75 Å². The van der Waals surface area contributed by atoms with Crippen LogP contribution in [0.2, 0.25) is 0 Å². The molecular weight excluding hydrogens is 473 g/mol. The lowest BCUT2D eigenvalue weighted by Gasteiger charge is -2.15. The fraction of sp³-hybridized carbons (Fsp3) is 0.208. The van der Waals surface area contributed by atoms with E-state index in [2.05, 4.69) is 20.2 Å². The van der Waals surface area contributed by atoms with Gasteiger partial charge in [0.15, 0.2) is 0 Å². The van der Waals surface area contributed by atoms with E-state index in [-0.39, 0.29) is 22.8 Å². The van der Waals surface area contributed by atoms with Gasteiger partial charge in [-0.3, -0.25) is 9.82 Å². The number of aliphatic hydroxyl groups is 1. The van der Waals surface area contributed by atoms with E-state index in [1.807, 2.05) is 25.1 Å². The first-order valence-corrected chi connectivity index (χ1v) is 12.4. The first-order valence-electron chi connectivity index (χ1n) is 10.9. The summed E-state index contributed by atoms with van der Waals surface area (Å²) in [5.74, 6) is -0.0710. The highest BCUT2D eigenvalue weighted by molar-refractivity contribution is 7.92. The molecule has 1 atom stereocenters. The number of benzene rings is 3. The second-order valence-electron chi connectivity index (χ2n) is 8.00. The summed E-state index contributed by atoms with van der Waals surface area (Å²) >= 11 is 0. The molecule has 9 nitrogen and oxygen atoms in total. The van der Waals surface area contributed by atoms with Crippen LogP contribution in [0.15, 0.2) is 65.6 Å². The van der Waals surface area contributed by atoms with Crippen LogP contribution in [0.3, 0.4) is 0 Å². The molecule has 1 unspecified atom stereocenters. The standard InChI is InChI=1S/C24H26FN5O4S/c1-15-20-7-6-18(13-22(20)29-28-15)34-10-9-27-14-24(31)16-5-8-21(25)23(11-16)30-35(32,33)19-4-2-3-17(26)12-19/h2-8,11-13,24,27,30-31H,9-10,14,26H2,1H3,(H,28,29). The van der Waals surface area contributed by atoms with Gasteiger partial charge < -0.3 is 20.9 Å². The number of nitrogens with zero attached hydrogens (tertiary/aromatic N) is 1. The number of anilines is 2. The third-order valence-corrected chi connectivity index (χ3v) is 6.76. The summed E-state index contributed by atoms with van der Waals surface area (Å²) in [4.78, 5) is -0.0914. The van der Waals surface area contributed by atoms with Crippen molar-refractivity contribution in [2.45, 2.75) is 17.9 Å². The molecule has 184 valence electrons. The number of nitrogen functional groups attached to an aromatic ring is 1. The van der Waals surface area contributed by atoms with Crippen LogP contribution < -0.4 is 20.5 Å². The molecule has 0 saturated carbocycles. The van der Waals surface area contributed by atoms with Crippen molar-refractivity contribution in [3.05, 3.63) is 77.7 Å². The Balaban J connectivity index is 1.31. The monoisotopic (exact) mass is 499 g/mol. The van der Waals surface area contributed by atoms with Crippen molar-refractivity contribution in [2.75, 3.05) is 30.2 Å². The fourth-order valence-corrected chi connectivity index (χ4v) is 4.65. The predicted molar refractivity (Wildman–Crippen MR) is 132 cm³/mol. The van der Waals surface area contributed by atoms with Gasteiger partial charge >= 0.3 is 0 Å². The minimum absolute atomic E-state index is 0.0914. The lowest BCUT2D eigenvalue weighted by molar-refractivity contribution is 0.172. The zero-order valence-electron chi connectivity index (χ0n) is 19.0. The number of rotatable bonds is 10. The lowest BCUT2D eigenvalue weighted by Crippen LogP contribution is -2.26. The molecule has 0 amide bonds. The number of aromatic nitrogens is 2. The number of fused-ring (bicyclic) bond motifs is 1. The number of hydrogen-bond donors (Lipinski definition) is 5. The zero-order chi connectivity index (χ0) is 25.0. The first kappa shape index (κ1) is 24.5. The van der Waals surface area contributed by atoms with Crippen LogP contribution in [-0.4, -0.2) is 43.4 Å². The smallest absolute Gasteiger partial charge is 0.262 e. The van der Waals surface area contributed by atoms with Gasteiger partial charge in [0.1, 0.15) is 18.2 Å². The van der Waals surface area contributed by atoms with Gasteiger partial charge in [0, 0.05) is 30.2 Å². The van der Waals surface area contributed by atoms with Gasteiger partial charge in [0.05, 0.1) is 27.9 Å². The van der Waals surface area contributed by atoms with E-state index in [0.29, 0.717) is 24.5 Å². The maximum Gasteiger partial charge on any atom is 0.262 e. The van der Waals surface area contributed by atoms with Crippen LogP contribution in [0.1, 0.15) is 17.4 Å². The van der Waals surface area contributed by atoms with Crippen molar-refractivity contribution in [3.63, 3.8) is 0 Å². The maximum absolute atomic E-state index is 14.3. The van der Waals surface area contributed by atoms with E-state index in [1.165, 1.54) is 30.3 Å². The summed E-state index contributed by atoms with van der Waals surface area (Å²) in [6.07, 6.45) is -0.990. The van der Waals surface area contributed by atoms with Crippen LogP contribution in [0.5, 0.6) is 5.75 Å². The number of nitrogens with one attached hydrogen (secondary N) is 3. The molecule has 0 aliphatic rings. The van der Waals surface area contributed by atoms with Gasteiger partial charge in [-0.15, -0.1) is 0 Å². The number of nitrogens with two attached hydrogens (primary N) is 1. The largest absolute Gasteiger partial charge is 0.492 e. The highest BCUT2D eigenvalue weighted by Crippen LogP contribution is 2.25. The maximum atomic E-state index is 14.3. The molecule has 0 spiro atoms. The summed E-state index contributed by atoms with van der Waals surface area (Å²) < 4.78 is 47.4. The number of ether oxygens (including phenoxy) is 1. The Morgan fingerprint density at radius 3 is 2.80 bits per heavy atom. The number of halogens is 1. The molecule has 35 heavy (non-hydrogen) atoms. The molecule has 4 rings (SSSR count). The molecule has 0 bridgehead atoms. The SMILES string of the molecule is Cc1n[nH]c2cc(OCCNCC(O)c3ccc(F)c(NS(=O)(=O)c4cccc(N)c4)c3)ccc12. The normalized spacial score (nSPS) is 12.5. The molecule has 6 N–H and O–H groups in total. The quantitative estimate of drug-likeness (QED) is 0.167. The fourth-order valence-electron chi connectivity index (χ4n) is 3.54. The summed E-state index contributed by atoms with van der Waals surface area (Å²) in [5, 5.41) is 21.7. The molecule has 0 aliphatic heterocycles. The second-order valence-corrected chi connectivity index (χ2v) is 9.68.